The molecule has 5 heteroatoms. The molecule has 1 N–H and O–H groups in total. The van der Waals surface area contributed by atoms with E-state index in [2.05, 4.69) is 11.4 Å². The molecule has 0 radical (unpaired) electrons. The lowest BCUT2D eigenvalue weighted by Gasteiger charge is -2.31. The first-order chi connectivity index (χ1) is 14.0. The lowest BCUT2D eigenvalue weighted by molar-refractivity contribution is 0.0655. The van der Waals surface area contributed by atoms with E-state index < -0.39 is 0 Å². The summed E-state index contributed by atoms with van der Waals surface area (Å²) in [4.78, 5) is 27.0. The maximum absolute atomic E-state index is 12.8. The quantitative estimate of drug-likeness (QED) is 0.721. The first-order valence-electron chi connectivity index (χ1n) is 10.1. The van der Waals surface area contributed by atoms with Crippen molar-refractivity contribution >= 4 is 22.8 Å². The van der Waals surface area contributed by atoms with E-state index in [-0.39, 0.29) is 11.8 Å². The van der Waals surface area contributed by atoms with Crippen LogP contribution in [0.25, 0.3) is 11.0 Å². The van der Waals surface area contributed by atoms with Gasteiger partial charge in [-0.05, 0) is 56.9 Å². The number of hydrogen-bond donors (Lipinski definition) is 1. The van der Waals surface area contributed by atoms with E-state index in [1.807, 2.05) is 61.2 Å². The van der Waals surface area contributed by atoms with Crippen molar-refractivity contribution in [2.24, 2.45) is 5.92 Å². The number of benzene rings is 2. The number of para-hydroxylation sites is 1. The van der Waals surface area contributed by atoms with Gasteiger partial charge in [0.1, 0.15) is 5.58 Å². The average Bonchev–Trinajstić information content (AvgIpc) is 3.15. The van der Waals surface area contributed by atoms with Gasteiger partial charge in [0.05, 0.1) is 0 Å². The Kier molecular flexibility index (Phi) is 5.38. The predicted octanol–water partition coefficient (Wildman–Crippen LogP) is 4.33. The summed E-state index contributed by atoms with van der Waals surface area (Å²) in [5.41, 5.74) is 3.62. The maximum atomic E-state index is 12.8. The van der Waals surface area contributed by atoms with Gasteiger partial charge in [-0.2, -0.15) is 0 Å². The molecule has 150 valence electrons. The van der Waals surface area contributed by atoms with Gasteiger partial charge in [-0.25, -0.2) is 0 Å². The van der Waals surface area contributed by atoms with Crippen LogP contribution in [0, 0.1) is 19.8 Å². The van der Waals surface area contributed by atoms with Gasteiger partial charge < -0.3 is 14.6 Å². The lowest BCUT2D eigenvalue weighted by atomic mass is 9.96. The summed E-state index contributed by atoms with van der Waals surface area (Å²) < 4.78 is 5.71. The smallest absolute Gasteiger partial charge is 0.289 e. The van der Waals surface area contributed by atoms with Gasteiger partial charge in [0, 0.05) is 30.6 Å². The molecule has 4 rings (SSSR count). The Morgan fingerprint density at radius 2 is 1.72 bits per heavy atom. The summed E-state index contributed by atoms with van der Waals surface area (Å²) in [7, 11) is 0. The van der Waals surface area contributed by atoms with Crippen molar-refractivity contribution in [3.8, 4) is 0 Å². The Balaban J connectivity index is 1.30. The zero-order chi connectivity index (χ0) is 20.4. The third kappa shape index (κ3) is 4.34. The maximum Gasteiger partial charge on any atom is 0.289 e. The number of carbonyl (C=O) groups is 2. The normalized spacial score (nSPS) is 14.9. The third-order valence-electron chi connectivity index (χ3n) is 5.57. The van der Waals surface area contributed by atoms with Gasteiger partial charge in [0.2, 0.25) is 0 Å². The number of fused-ring (bicyclic) bond motifs is 1. The molecule has 2 amide bonds. The molecule has 5 nitrogen and oxygen atoms in total. The molecule has 0 atom stereocenters. The number of likely N-dealkylation sites (tertiary alicyclic amines) is 1. The Morgan fingerprint density at radius 1 is 1.03 bits per heavy atom. The van der Waals surface area contributed by atoms with Gasteiger partial charge >= 0.3 is 0 Å². The van der Waals surface area contributed by atoms with E-state index in [1.54, 1.807) is 0 Å². The van der Waals surface area contributed by atoms with E-state index in [4.69, 9.17) is 4.42 Å². The van der Waals surface area contributed by atoms with E-state index >= 15 is 0 Å². The average molecular weight is 390 g/mol. The minimum Gasteiger partial charge on any atom is -0.451 e. The Hall–Kier alpha value is -3.08. The zero-order valence-electron chi connectivity index (χ0n) is 16.9. The second-order valence-corrected chi connectivity index (χ2v) is 7.97. The Morgan fingerprint density at radius 3 is 2.41 bits per heavy atom. The number of carbonyl (C=O) groups excluding carboxylic acids is 2. The number of nitrogens with zero attached hydrogens (tertiary/aromatic N) is 1. The molecule has 2 heterocycles. The van der Waals surface area contributed by atoms with E-state index in [0.29, 0.717) is 36.9 Å². The molecule has 0 bridgehead atoms. The van der Waals surface area contributed by atoms with Crippen molar-refractivity contribution in [3.63, 3.8) is 0 Å². The fourth-order valence-corrected chi connectivity index (χ4v) is 4.03. The van der Waals surface area contributed by atoms with Crippen LogP contribution < -0.4 is 5.32 Å². The monoisotopic (exact) mass is 390 g/mol. The van der Waals surface area contributed by atoms with Crippen LogP contribution in [-0.4, -0.2) is 36.3 Å². The van der Waals surface area contributed by atoms with Crippen molar-refractivity contribution in [2.75, 3.05) is 19.6 Å². The van der Waals surface area contributed by atoms with Crippen LogP contribution in [-0.2, 0) is 0 Å². The predicted molar refractivity (Wildman–Crippen MR) is 113 cm³/mol. The van der Waals surface area contributed by atoms with Crippen LogP contribution in [0.2, 0.25) is 0 Å². The topological polar surface area (TPSA) is 62.6 Å². The lowest BCUT2D eigenvalue weighted by Crippen LogP contribution is -2.41. The number of nitrogens with one attached hydrogen (secondary N) is 1. The third-order valence-corrected chi connectivity index (χ3v) is 5.57. The van der Waals surface area contributed by atoms with Gasteiger partial charge in [-0.1, -0.05) is 35.4 Å². The number of rotatable bonds is 4. The van der Waals surface area contributed by atoms with Crippen LogP contribution in [0.1, 0.15) is 44.9 Å². The van der Waals surface area contributed by atoms with Crippen molar-refractivity contribution in [1.29, 1.82) is 0 Å². The Bertz CT molecular complexity index is 992. The molecule has 0 spiro atoms. The standard InChI is InChI=1S/C24H26N2O3/c1-16-11-17(2)13-20(12-16)23(27)25-15-18-7-9-26(10-8-18)24(28)22-14-19-5-3-4-6-21(19)29-22/h3-6,11-14,18H,7-10,15H2,1-2H3,(H,25,27). The van der Waals surface area contributed by atoms with Crippen LogP contribution in [0.5, 0.6) is 0 Å². The molecule has 3 aromatic rings. The summed E-state index contributed by atoms with van der Waals surface area (Å²) in [5, 5.41) is 4.00. The molecule has 0 aliphatic carbocycles. The first kappa shape index (κ1) is 19.2. The molecular formula is C24H26N2O3. The largest absolute Gasteiger partial charge is 0.451 e. The fraction of sp³-hybridized carbons (Fsp3) is 0.333. The van der Waals surface area contributed by atoms with E-state index in [0.717, 1.165) is 34.9 Å². The van der Waals surface area contributed by atoms with Crippen LogP contribution in [0.15, 0.2) is 52.9 Å². The fourth-order valence-electron chi connectivity index (χ4n) is 4.03. The highest BCUT2D eigenvalue weighted by molar-refractivity contribution is 5.96. The number of piperidine rings is 1. The van der Waals surface area contributed by atoms with Crippen LogP contribution >= 0.6 is 0 Å². The number of furan rings is 1. The second-order valence-electron chi connectivity index (χ2n) is 7.97. The molecule has 29 heavy (non-hydrogen) atoms. The molecule has 2 aromatic carbocycles. The van der Waals surface area contributed by atoms with Crippen LogP contribution in [0.4, 0.5) is 0 Å². The minimum atomic E-state index is -0.0566. The van der Waals surface area contributed by atoms with E-state index in [9.17, 15) is 9.59 Å². The molecule has 1 saturated heterocycles. The van der Waals surface area contributed by atoms with Gasteiger partial charge in [-0.15, -0.1) is 0 Å². The summed E-state index contributed by atoms with van der Waals surface area (Å²) in [6.45, 7) is 6.00. The van der Waals surface area contributed by atoms with Crippen molar-refractivity contribution in [2.45, 2.75) is 26.7 Å². The van der Waals surface area contributed by atoms with Crippen molar-refractivity contribution in [1.82, 2.24) is 10.2 Å². The van der Waals surface area contributed by atoms with Crippen molar-refractivity contribution < 1.29 is 14.0 Å². The summed E-state index contributed by atoms with van der Waals surface area (Å²) in [6.07, 6.45) is 1.75. The minimum absolute atomic E-state index is 0.0300. The highest BCUT2D eigenvalue weighted by atomic mass is 16.3. The van der Waals surface area contributed by atoms with Gasteiger partial charge in [-0.3, -0.25) is 9.59 Å². The molecule has 1 aliphatic rings. The molecular weight excluding hydrogens is 364 g/mol. The van der Waals surface area contributed by atoms with Gasteiger partial charge in [0.15, 0.2) is 5.76 Å². The van der Waals surface area contributed by atoms with Crippen LogP contribution in [0.3, 0.4) is 0 Å². The zero-order valence-corrected chi connectivity index (χ0v) is 16.9. The Labute approximate surface area is 170 Å². The first-order valence-corrected chi connectivity index (χ1v) is 10.1. The molecule has 1 fully saturated rings. The van der Waals surface area contributed by atoms with Crippen molar-refractivity contribution in [3.05, 3.63) is 71.0 Å². The highest BCUT2D eigenvalue weighted by Crippen LogP contribution is 2.23. The number of hydrogen-bond acceptors (Lipinski definition) is 3. The second kappa shape index (κ2) is 8.11. The molecule has 1 aliphatic heterocycles. The van der Waals surface area contributed by atoms with Gasteiger partial charge in [0.25, 0.3) is 11.8 Å². The molecule has 1 aromatic heterocycles. The summed E-state index contributed by atoms with van der Waals surface area (Å²) in [5.74, 6) is 0.689. The molecule has 0 unspecified atom stereocenters. The number of amides is 2. The summed E-state index contributed by atoms with van der Waals surface area (Å²) >= 11 is 0. The highest BCUT2D eigenvalue weighted by Gasteiger charge is 2.26. The SMILES string of the molecule is Cc1cc(C)cc(C(=O)NCC2CCN(C(=O)c3cc4ccccc4o3)CC2)c1. The molecule has 0 saturated carbocycles. The number of aryl methyl sites for hydroxylation is 2. The summed E-state index contributed by atoms with van der Waals surface area (Å²) in [6, 6.07) is 15.4. The van der Waals surface area contributed by atoms with E-state index in [1.165, 1.54) is 0 Å².